The number of halogens is 3. The molecule has 0 aliphatic carbocycles. The van der Waals surface area contributed by atoms with E-state index in [2.05, 4.69) is 4.98 Å². The third-order valence-electron chi connectivity index (χ3n) is 2.10. The van der Waals surface area contributed by atoms with Gasteiger partial charge in [0.25, 0.3) is 0 Å². The van der Waals surface area contributed by atoms with E-state index in [-0.39, 0.29) is 6.54 Å². The molecule has 0 fully saturated rings. The second-order valence-corrected chi connectivity index (χ2v) is 3.33. The Morgan fingerprint density at radius 1 is 1.50 bits per heavy atom. The van der Waals surface area contributed by atoms with Crippen molar-refractivity contribution >= 4 is 0 Å². The van der Waals surface area contributed by atoms with E-state index in [0.29, 0.717) is 5.56 Å². The van der Waals surface area contributed by atoms with Crippen molar-refractivity contribution in [2.45, 2.75) is 25.3 Å². The topological polar surface area (TPSA) is 48.1 Å². The lowest BCUT2D eigenvalue weighted by Gasteiger charge is -2.23. The Morgan fingerprint density at radius 3 is 2.62 bits per heavy atom. The Kier molecular flexibility index (Phi) is 4.26. The summed E-state index contributed by atoms with van der Waals surface area (Å²) >= 11 is 0. The average Bonchev–Trinajstić information content (AvgIpc) is 2.25. The van der Waals surface area contributed by atoms with Crippen LogP contribution in [0, 0.1) is 0 Å². The van der Waals surface area contributed by atoms with Gasteiger partial charge in [-0.2, -0.15) is 13.2 Å². The van der Waals surface area contributed by atoms with Crippen LogP contribution in [-0.4, -0.2) is 23.8 Å². The highest BCUT2D eigenvalue weighted by Crippen LogP contribution is 2.27. The van der Waals surface area contributed by atoms with Crippen LogP contribution in [0.2, 0.25) is 0 Å². The maximum absolute atomic E-state index is 12.3. The van der Waals surface area contributed by atoms with Crippen molar-refractivity contribution < 1.29 is 17.9 Å². The van der Waals surface area contributed by atoms with Crippen LogP contribution in [0.5, 0.6) is 0 Å². The molecular formula is C10H13F3N2O. The second kappa shape index (κ2) is 5.27. The third-order valence-corrected chi connectivity index (χ3v) is 2.10. The van der Waals surface area contributed by atoms with Gasteiger partial charge < -0.3 is 10.5 Å². The summed E-state index contributed by atoms with van der Waals surface area (Å²) in [7, 11) is 0. The van der Waals surface area contributed by atoms with E-state index in [9.17, 15) is 13.2 Å². The summed E-state index contributed by atoms with van der Waals surface area (Å²) in [6, 6.07) is 3.26. The van der Waals surface area contributed by atoms with Gasteiger partial charge in [-0.3, -0.25) is 4.98 Å². The van der Waals surface area contributed by atoms with Crippen LogP contribution >= 0.6 is 0 Å². The molecule has 0 aliphatic rings. The number of ether oxygens (including phenoxy) is 1. The van der Waals surface area contributed by atoms with Gasteiger partial charge in [0, 0.05) is 24.5 Å². The van der Waals surface area contributed by atoms with Gasteiger partial charge in [-0.15, -0.1) is 0 Å². The molecule has 2 N–H and O–H groups in total. The number of nitrogens with two attached hydrogens (primary N) is 1. The Labute approximate surface area is 91.4 Å². The van der Waals surface area contributed by atoms with Gasteiger partial charge >= 0.3 is 6.18 Å². The molecule has 0 saturated carbocycles. The van der Waals surface area contributed by atoms with Crippen molar-refractivity contribution in [3.05, 3.63) is 30.1 Å². The highest BCUT2D eigenvalue weighted by Gasteiger charge is 2.38. The fraction of sp³-hybridized carbons (Fsp3) is 0.500. The smallest absolute Gasteiger partial charge is 0.360 e. The number of hydrogen-bond donors (Lipinski definition) is 1. The molecule has 0 saturated heterocycles. The molecule has 0 amide bonds. The first-order valence-corrected chi connectivity index (χ1v) is 4.77. The highest BCUT2D eigenvalue weighted by atomic mass is 19.4. The third kappa shape index (κ3) is 3.46. The van der Waals surface area contributed by atoms with E-state index in [1.807, 2.05) is 0 Å². The standard InChI is InChI=1S/C10H13F3N2O/c1-7(10(11,12)13)16-9(5-14)8-3-2-4-15-6-8/h2-4,6-7,9H,5,14H2,1H3. The predicted molar refractivity (Wildman–Crippen MR) is 52.6 cm³/mol. The Morgan fingerprint density at radius 2 is 2.19 bits per heavy atom. The summed E-state index contributed by atoms with van der Waals surface area (Å²) in [6.07, 6.45) is -4.04. The summed E-state index contributed by atoms with van der Waals surface area (Å²) in [4.78, 5) is 3.81. The monoisotopic (exact) mass is 234 g/mol. The van der Waals surface area contributed by atoms with Gasteiger partial charge in [0.1, 0.15) is 0 Å². The van der Waals surface area contributed by atoms with Crippen LogP contribution in [-0.2, 0) is 4.74 Å². The number of aromatic nitrogens is 1. The van der Waals surface area contributed by atoms with Gasteiger partial charge in [0.05, 0.1) is 6.10 Å². The minimum Gasteiger partial charge on any atom is -0.360 e. The molecule has 0 spiro atoms. The number of alkyl halides is 3. The molecule has 0 aliphatic heterocycles. The van der Waals surface area contributed by atoms with E-state index in [1.54, 1.807) is 12.1 Å². The minimum absolute atomic E-state index is 0.0217. The Hall–Kier alpha value is -1.14. The molecule has 0 bridgehead atoms. The largest absolute Gasteiger partial charge is 0.414 e. The van der Waals surface area contributed by atoms with E-state index < -0.39 is 18.4 Å². The highest BCUT2D eigenvalue weighted by molar-refractivity contribution is 5.12. The molecule has 1 rings (SSSR count). The summed E-state index contributed by atoms with van der Waals surface area (Å²) in [6.45, 7) is 0.936. The Bertz CT molecular complexity index is 316. The van der Waals surface area contributed by atoms with Crippen molar-refractivity contribution in [3.8, 4) is 0 Å². The molecule has 0 aromatic carbocycles. The van der Waals surface area contributed by atoms with E-state index in [0.717, 1.165) is 6.92 Å². The zero-order chi connectivity index (χ0) is 12.2. The molecule has 0 radical (unpaired) electrons. The van der Waals surface area contributed by atoms with Crippen molar-refractivity contribution in [2.75, 3.05) is 6.54 Å². The summed E-state index contributed by atoms with van der Waals surface area (Å²) in [5.74, 6) is 0. The van der Waals surface area contributed by atoms with Crippen LogP contribution in [0.15, 0.2) is 24.5 Å². The first-order chi connectivity index (χ1) is 7.45. The van der Waals surface area contributed by atoms with Gasteiger partial charge in [0.2, 0.25) is 0 Å². The second-order valence-electron chi connectivity index (χ2n) is 3.33. The zero-order valence-corrected chi connectivity index (χ0v) is 8.74. The first kappa shape index (κ1) is 12.9. The summed E-state index contributed by atoms with van der Waals surface area (Å²) < 4.78 is 41.7. The number of hydrogen-bond acceptors (Lipinski definition) is 3. The van der Waals surface area contributed by atoms with Crippen LogP contribution in [0.1, 0.15) is 18.6 Å². The van der Waals surface area contributed by atoms with Gasteiger partial charge in [-0.05, 0) is 13.0 Å². The lowest BCUT2D eigenvalue weighted by molar-refractivity contribution is -0.226. The van der Waals surface area contributed by atoms with Crippen LogP contribution in [0.4, 0.5) is 13.2 Å². The fourth-order valence-corrected chi connectivity index (χ4v) is 1.16. The van der Waals surface area contributed by atoms with Crippen molar-refractivity contribution in [1.82, 2.24) is 4.98 Å². The quantitative estimate of drug-likeness (QED) is 0.867. The summed E-state index contributed by atoms with van der Waals surface area (Å²) in [5, 5.41) is 0. The number of rotatable bonds is 4. The van der Waals surface area contributed by atoms with Crippen LogP contribution < -0.4 is 5.73 Å². The van der Waals surface area contributed by atoms with Crippen molar-refractivity contribution in [3.63, 3.8) is 0 Å². The van der Waals surface area contributed by atoms with E-state index >= 15 is 0 Å². The first-order valence-electron chi connectivity index (χ1n) is 4.77. The van der Waals surface area contributed by atoms with Gasteiger partial charge in [0.15, 0.2) is 6.10 Å². The predicted octanol–water partition coefficient (Wildman–Crippen LogP) is 2.05. The van der Waals surface area contributed by atoms with E-state index in [1.165, 1.54) is 12.4 Å². The SMILES string of the molecule is CC(OC(CN)c1cccnc1)C(F)(F)F. The fourth-order valence-electron chi connectivity index (χ4n) is 1.16. The normalized spacial score (nSPS) is 15.8. The summed E-state index contributed by atoms with van der Waals surface area (Å²) in [5.41, 5.74) is 5.92. The van der Waals surface area contributed by atoms with Crippen LogP contribution in [0.25, 0.3) is 0 Å². The molecule has 3 nitrogen and oxygen atoms in total. The molecule has 1 aromatic rings. The lowest BCUT2D eigenvalue weighted by Crippen LogP contribution is -2.32. The zero-order valence-electron chi connectivity index (χ0n) is 8.74. The maximum Gasteiger partial charge on any atom is 0.414 e. The van der Waals surface area contributed by atoms with Crippen LogP contribution in [0.3, 0.4) is 0 Å². The molecule has 6 heteroatoms. The molecule has 2 atom stereocenters. The molecule has 16 heavy (non-hydrogen) atoms. The molecular weight excluding hydrogens is 221 g/mol. The molecule has 90 valence electrons. The molecule has 2 unspecified atom stereocenters. The van der Waals surface area contributed by atoms with Gasteiger partial charge in [-0.25, -0.2) is 0 Å². The van der Waals surface area contributed by atoms with Crippen molar-refractivity contribution in [2.24, 2.45) is 5.73 Å². The molecule has 1 heterocycles. The number of nitrogens with zero attached hydrogens (tertiary/aromatic N) is 1. The average molecular weight is 234 g/mol. The van der Waals surface area contributed by atoms with E-state index in [4.69, 9.17) is 10.5 Å². The van der Waals surface area contributed by atoms with Crippen molar-refractivity contribution in [1.29, 1.82) is 0 Å². The van der Waals surface area contributed by atoms with Gasteiger partial charge in [-0.1, -0.05) is 6.07 Å². The number of pyridine rings is 1. The lowest BCUT2D eigenvalue weighted by atomic mass is 10.1. The maximum atomic E-state index is 12.3. The molecule has 1 aromatic heterocycles. The Balaban J connectivity index is 2.70. The minimum atomic E-state index is -4.38.